The lowest BCUT2D eigenvalue weighted by molar-refractivity contribution is -0.117. The van der Waals surface area contributed by atoms with Gasteiger partial charge in [-0.05, 0) is 42.7 Å². The maximum atomic E-state index is 11.8. The number of rotatable bonds is 6. The molecule has 6 nitrogen and oxygen atoms in total. The molecule has 2 N–H and O–H groups in total. The fourth-order valence-corrected chi connectivity index (χ4v) is 3.30. The first-order valence-electron chi connectivity index (χ1n) is 9.58. The number of carbonyl (C=O) groups excluding carboxylic acids is 1. The number of aryl methyl sites for hydroxylation is 1. The smallest absolute Gasteiger partial charge is 0.227 e. The Hall–Kier alpha value is -3.02. The van der Waals surface area contributed by atoms with Crippen LogP contribution in [0.5, 0.6) is 5.75 Å². The predicted octanol–water partition coefficient (Wildman–Crippen LogP) is 3.00. The summed E-state index contributed by atoms with van der Waals surface area (Å²) in [5, 5.41) is 6.64. The van der Waals surface area contributed by atoms with Gasteiger partial charge in [-0.3, -0.25) is 9.79 Å². The number of hydrogen-bond donors (Lipinski definition) is 2. The average molecular weight is 380 g/mol. The highest BCUT2D eigenvalue weighted by Gasteiger charge is 2.21. The molecule has 3 rings (SSSR count). The molecule has 1 aliphatic rings. The standard InChI is InChI=1S/C22H28N4O2/c1-16-6-9-18(20(13-16)28-3)15-25-22(23-2)24-14-17-7-10-19(11-8-17)26-12-4-5-21(26)27/h6-11,13H,4-5,12,14-15H2,1-3H3,(H2,23,24,25). The summed E-state index contributed by atoms with van der Waals surface area (Å²) in [6.07, 6.45) is 1.59. The number of ether oxygens (including phenoxy) is 1. The summed E-state index contributed by atoms with van der Waals surface area (Å²) in [6, 6.07) is 14.3. The number of amides is 1. The summed E-state index contributed by atoms with van der Waals surface area (Å²) in [4.78, 5) is 18.0. The molecule has 0 aromatic heterocycles. The first kappa shape index (κ1) is 19.7. The van der Waals surface area contributed by atoms with E-state index in [-0.39, 0.29) is 5.91 Å². The van der Waals surface area contributed by atoms with E-state index in [0.29, 0.717) is 19.5 Å². The summed E-state index contributed by atoms with van der Waals surface area (Å²) in [6.45, 7) is 4.14. The second-order valence-electron chi connectivity index (χ2n) is 6.91. The number of hydrogen-bond acceptors (Lipinski definition) is 3. The monoisotopic (exact) mass is 380 g/mol. The molecule has 0 bridgehead atoms. The first-order valence-corrected chi connectivity index (χ1v) is 9.58. The highest BCUT2D eigenvalue weighted by Crippen LogP contribution is 2.22. The molecule has 1 amide bonds. The molecule has 0 saturated carbocycles. The highest BCUT2D eigenvalue weighted by molar-refractivity contribution is 5.95. The van der Waals surface area contributed by atoms with Crippen LogP contribution in [-0.4, -0.2) is 32.6 Å². The number of methoxy groups -OCH3 is 1. The van der Waals surface area contributed by atoms with Gasteiger partial charge >= 0.3 is 0 Å². The van der Waals surface area contributed by atoms with Crippen molar-refractivity contribution in [2.24, 2.45) is 4.99 Å². The van der Waals surface area contributed by atoms with Crippen molar-refractivity contribution < 1.29 is 9.53 Å². The van der Waals surface area contributed by atoms with Gasteiger partial charge in [-0.25, -0.2) is 0 Å². The molecule has 0 spiro atoms. The van der Waals surface area contributed by atoms with Crippen LogP contribution in [0.15, 0.2) is 47.5 Å². The minimum Gasteiger partial charge on any atom is -0.496 e. The molecule has 1 heterocycles. The molecule has 0 aliphatic carbocycles. The van der Waals surface area contributed by atoms with Gasteiger partial charge in [-0.2, -0.15) is 0 Å². The molecule has 2 aromatic rings. The summed E-state index contributed by atoms with van der Waals surface area (Å²) in [5.41, 5.74) is 4.35. The zero-order valence-corrected chi connectivity index (χ0v) is 16.8. The van der Waals surface area contributed by atoms with Crippen LogP contribution in [0.4, 0.5) is 5.69 Å². The van der Waals surface area contributed by atoms with Crippen LogP contribution in [0.1, 0.15) is 29.5 Å². The Morgan fingerprint density at radius 1 is 1.14 bits per heavy atom. The highest BCUT2D eigenvalue weighted by atomic mass is 16.5. The third-order valence-electron chi connectivity index (χ3n) is 4.89. The molecule has 1 saturated heterocycles. The Kier molecular flexibility index (Phi) is 6.53. The first-order chi connectivity index (χ1) is 13.6. The van der Waals surface area contributed by atoms with Crippen molar-refractivity contribution in [1.82, 2.24) is 10.6 Å². The topological polar surface area (TPSA) is 66.0 Å². The summed E-state index contributed by atoms with van der Waals surface area (Å²) in [5.74, 6) is 1.80. The lowest BCUT2D eigenvalue weighted by Crippen LogP contribution is -2.36. The second-order valence-corrected chi connectivity index (χ2v) is 6.91. The molecular weight excluding hydrogens is 352 g/mol. The van der Waals surface area contributed by atoms with Gasteiger partial charge < -0.3 is 20.3 Å². The van der Waals surface area contributed by atoms with Crippen LogP contribution in [0.2, 0.25) is 0 Å². The Labute approximate surface area is 166 Å². The Bertz CT molecular complexity index is 846. The summed E-state index contributed by atoms with van der Waals surface area (Å²) in [7, 11) is 3.44. The predicted molar refractivity (Wildman–Crippen MR) is 113 cm³/mol. The quantitative estimate of drug-likeness (QED) is 0.597. The Morgan fingerprint density at radius 3 is 2.54 bits per heavy atom. The lowest BCUT2D eigenvalue weighted by atomic mass is 10.1. The van der Waals surface area contributed by atoms with E-state index < -0.39 is 0 Å². The van der Waals surface area contributed by atoms with E-state index in [1.165, 1.54) is 5.56 Å². The number of nitrogens with zero attached hydrogens (tertiary/aromatic N) is 2. The third-order valence-corrected chi connectivity index (χ3v) is 4.89. The van der Waals surface area contributed by atoms with Gasteiger partial charge in [-0.1, -0.05) is 24.3 Å². The number of carbonyl (C=O) groups is 1. The lowest BCUT2D eigenvalue weighted by Gasteiger charge is -2.17. The molecule has 2 aromatic carbocycles. The van der Waals surface area contributed by atoms with Crippen molar-refractivity contribution in [2.75, 3.05) is 25.6 Å². The molecule has 1 aliphatic heterocycles. The maximum Gasteiger partial charge on any atom is 0.227 e. The Morgan fingerprint density at radius 2 is 1.89 bits per heavy atom. The van der Waals surface area contributed by atoms with Crippen LogP contribution in [-0.2, 0) is 17.9 Å². The minimum atomic E-state index is 0.210. The van der Waals surface area contributed by atoms with Gasteiger partial charge in [0.2, 0.25) is 5.91 Å². The molecule has 0 atom stereocenters. The van der Waals surface area contributed by atoms with E-state index >= 15 is 0 Å². The van der Waals surface area contributed by atoms with Crippen LogP contribution in [0, 0.1) is 6.92 Å². The van der Waals surface area contributed by atoms with Crippen molar-refractivity contribution in [3.63, 3.8) is 0 Å². The summed E-state index contributed by atoms with van der Waals surface area (Å²) >= 11 is 0. The van der Waals surface area contributed by atoms with Gasteiger partial charge in [0.15, 0.2) is 5.96 Å². The number of guanidine groups is 1. The molecule has 6 heteroatoms. The molecule has 1 fully saturated rings. The normalized spacial score (nSPS) is 14.3. The van der Waals surface area contributed by atoms with Gasteiger partial charge in [0, 0.05) is 44.4 Å². The van der Waals surface area contributed by atoms with E-state index in [4.69, 9.17) is 4.74 Å². The largest absolute Gasteiger partial charge is 0.496 e. The van der Waals surface area contributed by atoms with Crippen molar-refractivity contribution in [3.8, 4) is 5.75 Å². The molecular formula is C22H28N4O2. The van der Waals surface area contributed by atoms with Crippen molar-refractivity contribution >= 4 is 17.6 Å². The second kappa shape index (κ2) is 9.26. The van der Waals surface area contributed by atoms with Gasteiger partial charge in [0.05, 0.1) is 7.11 Å². The van der Waals surface area contributed by atoms with E-state index in [1.807, 2.05) is 42.2 Å². The average Bonchev–Trinajstić information content (AvgIpc) is 3.15. The molecule has 0 unspecified atom stereocenters. The van der Waals surface area contributed by atoms with Crippen molar-refractivity contribution in [2.45, 2.75) is 32.9 Å². The van der Waals surface area contributed by atoms with Gasteiger partial charge in [0.1, 0.15) is 5.75 Å². The Balaban J connectivity index is 1.53. The van der Waals surface area contributed by atoms with Gasteiger partial charge in [-0.15, -0.1) is 0 Å². The fourth-order valence-electron chi connectivity index (χ4n) is 3.30. The minimum absolute atomic E-state index is 0.210. The van der Waals surface area contributed by atoms with Crippen molar-refractivity contribution in [1.29, 1.82) is 0 Å². The number of aliphatic imine (C=N–C) groups is 1. The van der Waals surface area contributed by atoms with Crippen LogP contribution < -0.4 is 20.3 Å². The third kappa shape index (κ3) is 4.82. The number of benzene rings is 2. The SMILES string of the molecule is CN=C(NCc1ccc(N2CCCC2=O)cc1)NCc1ccc(C)cc1OC. The van der Waals surface area contributed by atoms with E-state index in [9.17, 15) is 4.79 Å². The number of anilines is 1. The number of nitrogens with one attached hydrogen (secondary N) is 2. The molecule has 0 radical (unpaired) electrons. The zero-order valence-electron chi connectivity index (χ0n) is 16.8. The molecule has 28 heavy (non-hydrogen) atoms. The maximum absolute atomic E-state index is 11.8. The van der Waals surface area contributed by atoms with Crippen LogP contribution in [0.25, 0.3) is 0 Å². The van der Waals surface area contributed by atoms with Crippen LogP contribution in [0.3, 0.4) is 0 Å². The van der Waals surface area contributed by atoms with E-state index in [1.54, 1.807) is 14.2 Å². The van der Waals surface area contributed by atoms with E-state index in [0.717, 1.165) is 41.5 Å². The summed E-state index contributed by atoms with van der Waals surface area (Å²) < 4.78 is 5.45. The molecule has 148 valence electrons. The van der Waals surface area contributed by atoms with Crippen molar-refractivity contribution in [3.05, 3.63) is 59.2 Å². The zero-order chi connectivity index (χ0) is 19.9. The van der Waals surface area contributed by atoms with E-state index in [2.05, 4.69) is 27.8 Å². The van der Waals surface area contributed by atoms with Crippen LogP contribution >= 0.6 is 0 Å². The van der Waals surface area contributed by atoms with Gasteiger partial charge in [0.25, 0.3) is 0 Å². The fraction of sp³-hybridized carbons (Fsp3) is 0.364.